The van der Waals surface area contributed by atoms with E-state index in [9.17, 15) is 5.11 Å². The minimum Gasteiger partial charge on any atom is -0.504 e. The van der Waals surface area contributed by atoms with Gasteiger partial charge in [-0.15, -0.1) is 0 Å². The smallest absolute Gasteiger partial charge is 0.222 e. The second-order valence-electron chi connectivity index (χ2n) is 4.52. The Morgan fingerprint density at radius 1 is 0.952 bits per heavy atom. The predicted molar refractivity (Wildman–Crippen MR) is 81.1 cm³/mol. The van der Waals surface area contributed by atoms with E-state index in [-0.39, 0.29) is 5.75 Å². The van der Waals surface area contributed by atoms with Gasteiger partial charge in [0.05, 0.1) is 6.61 Å². The summed E-state index contributed by atoms with van der Waals surface area (Å²) in [5.41, 5.74) is 0. The van der Waals surface area contributed by atoms with Crippen LogP contribution in [0.1, 0.15) is 6.92 Å². The Bertz CT molecular complexity index is 771. The SMILES string of the molecule is CCOc1cccc(Oc2cc3ccccc3cc2O)n1. The van der Waals surface area contributed by atoms with E-state index >= 15 is 0 Å². The van der Waals surface area contributed by atoms with Crippen LogP contribution in [-0.2, 0) is 0 Å². The van der Waals surface area contributed by atoms with Crippen molar-refractivity contribution in [2.24, 2.45) is 0 Å². The molecule has 1 aromatic heterocycles. The van der Waals surface area contributed by atoms with Crippen molar-refractivity contribution in [1.82, 2.24) is 4.98 Å². The van der Waals surface area contributed by atoms with Gasteiger partial charge in [0.15, 0.2) is 11.5 Å². The van der Waals surface area contributed by atoms with E-state index in [0.29, 0.717) is 24.1 Å². The standard InChI is InChI=1S/C17H15NO3/c1-2-20-16-8-5-9-17(18-16)21-15-11-13-7-4-3-6-12(13)10-14(15)19/h3-11,19H,2H2,1H3. The highest BCUT2D eigenvalue weighted by Gasteiger charge is 2.08. The van der Waals surface area contributed by atoms with Crippen LogP contribution in [0, 0.1) is 0 Å². The molecular weight excluding hydrogens is 266 g/mol. The molecule has 0 atom stereocenters. The van der Waals surface area contributed by atoms with E-state index in [1.807, 2.05) is 31.2 Å². The minimum absolute atomic E-state index is 0.0808. The van der Waals surface area contributed by atoms with Crippen LogP contribution < -0.4 is 9.47 Å². The molecule has 2 aromatic carbocycles. The Morgan fingerprint density at radius 2 is 1.67 bits per heavy atom. The Balaban J connectivity index is 1.94. The summed E-state index contributed by atoms with van der Waals surface area (Å²) >= 11 is 0. The number of aromatic hydroxyl groups is 1. The monoisotopic (exact) mass is 281 g/mol. The summed E-state index contributed by atoms with van der Waals surface area (Å²) in [7, 11) is 0. The van der Waals surface area contributed by atoms with Gasteiger partial charge < -0.3 is 14.6 Å². The molecule has 106 valence electrons. The first-order valence-corrected chi connectivity index (χ1v) is 6.76. The van der Waals surface area contributed by atoms with Crippen molar-refractivity contribution in [3.63, 3.8) is 0 Å². The highest BCUT2D eigenvalue weighted by atomic mass is 16.5. The van der Waals surface area contributed by atoms with Gasteiger partial charge in [0.25, 0.3) is 0 Å². The highest BCUT2D eigenvalue weighted by Crippen LogP contribution is 2.34. The maximum absolute atomic E-state index is 10.1. The molecule has 4 nitrogen and oxygen atoms in total. The number of rotatable bonds is 4. The molecule has 1 N–H and O–H groups in total. The van der Waals surface area contributed by atoms with E-state index in [0.717, 1.165) is 10.8 Å². The molecule has 0 aliphatic carbocycles. The van der Waals surface area contributed by atoms with Gasteiger partial charge in [0.1, 0.15) is 0 Å². The molecule has 0 spiro atoms. The lowest BCUT2D eigenvalue weighted by molar-refractivity contribution is 0.319. The molecule has 0 amide bonds. The zero-order chi connectivity index (χ0) is 14.7. The lowest BCUT2D eigenvalue weighted by Crippen LogP contribution is -1.95. The molecule has 0 aliphatic rings. The van der Waals surface area contributed by atoms with Gasteiger partial charge in [0.2, 0.25) is 11.8 Å². The highest BCUT2D eigenvalue weighted by molar-refractivity contribution is 5.85. The third kappa shape index (κ3) is 2.89. The lowest BCUT2D eigenvalue weighted by Gasteiger charge is -2.09. The average molecular weight is 281 g/mol. The van der Waals surface area contributed by atoms with Gasteiger partial charge in [-0.3, -0.25) is 0 Å². The van der Waals surface area contributed by atoms with Crippen LogP contribution in [-0.4, -0.2) is 16.7 Å². The molecule has 1 heterocycles. The zero-order valence-corrected chi connectivity index (χ0v) is 11.6. The fraction of sp³-hybridized carbons (Fsp3) is 0.118. The number of ether oxygens (including phenoxy) is 2. The topological polar surface area (TPSA) is 51.6 Å². The summed E-state index contributed by atoms with van der Waals surface area (Å²) in [5.74, 6) is 1.33. The van der Waals surface area contributed by atoms with E-state index in [4.69, 9.17) is 9.47 Å². The minimum atomic E-state index is 0.0808. The van der Waals surface area contributed by atoms with Gasteiger partial charge in [-0.05, 0) is 29.8 Å². The molecule has 0 bridgehead atoms. The van der Waals surface area contributed by atoms with Gasteiger partial charge >= 0.3 is 0 Å². The van der Waals surface area contributed by atoms with Crippen LogP contribution in [0.2, 0.25) is 0 Å². The molecular formula is C17H15NO3. The van der Waals surface area contributed by atoms with Crippen LogP contribution >= 0.6 is 0 Å². The third-order valence-corrected chi connectivity index (χ3v) is 3.03. The van der Waals surface area contributed by atoms with Crippen molar-refractivity contribution in [2.75, 3.05) is 6.61 Å². The lowest BCUT2D eigenvalue weighted by atomic mass is 10.1. The van der Waals surface area contributed by atoms with Gasteiger partial charge in [-0.1, -0.05) is 30.3 Å². The van der Waals surface area contributed by atoms with Crippen LogP contribution in [0.25, 0.3) is 10.8 Å². The molecule has 4 heteroatoms. The number of benzene rings is 2. The molecule has 0 aliphatic heterocycles. The van der Waals surface area contributed by atoms with Crippen molar-refractivity contribution in [1.29, 1.82) is 0 Å². The number of hydrogen-bond acceptors (Lipinski definition) is 4. The van der Waals surface area contributed by atoms with Crippen molar-refractivity contribution in [3.05, 3.63) is 54.6 Å². The molecule has 21 heavy (non-hydrogen) atoms. The number of nitrogens with zero attached hydrogens (tertiary/aromatic N) is 1. The maximum atomic E-state index is 10.1. The average Bonchev–Trinajstić information content (AvgIpc) is 2.49. The quantitative estimate of drug-likeness (QED) is 0.781. The summed E-state index contributed by atoms with van der Waals surface area (Å²) in [6, 6.07) is 16.5. The molecule has 0 unspecified atom stereocenters. The largest absolute Gasteiger partial charge is 0.504 e. The summed E-state index contributed by atoms with van der Waals surface area (Å²) in [5, 5.41) is 12.0. The first-order chi connectivity index (χ1) is 10.3. The maximum Gasteiger partial charge on any atom is 0.222 e. The van der Waals surface area contributed by atoms with Crippen LogP contribution in [0.3, 0.4) is 0 Å². The van der Waals surface area contributed by atoms with Crippen LogP contribution in [0.4, 0.5) is 0 Å². The van der Waals surface area contributed by atoms with E-state index in [1.54, 1.807) is 30.3 Å². The zero-order valence-electron chi connectivity index (χ0n) is 11.6. The summed E-state index contributed by atoms with van der Waals surface area (Å²) in [6.07, 6.45) is 0. The first kappa shape index (κ1) is 13.2. The Morgan fingerprint density at radius 3 is 2.43 bits per heavy atom. The van der Waals surface area contributed by atoms with Gasteiger partial charge in [0, 0.05) is 12.1 Å². The number of fused-ring (bicyclic) bond motifs is 1. The molecule has 0 fully saturated rings. The van der Waals surface area contributed by atoms with Crippen molar-refractivity contribution < 1.29 is 14.6 Å². The third-order valence-electron chi connectivity index (χ3n) is 3.03. The van der Waals surface area contributed by atoms with Gasteiger partial charge in [-0.25, -0.2) is 0 Å². The normalized spacial score (nSPS) is 10.5. The van der Waals surface area contributed by atoms with Crippen LogP contribution in [0.15, 0.2) is 54.6 Å². The van der Waals surface area contributed by atoms with E-state index in [1.165, 1.54) is 0 Å². The molecule has 3 aromatic rings. The molecule has 3 rings (SSSR count). The number of pyridine rings is 1. The first-order valence-electron chi connectivity index (χ1n) is 6.76. The number of phenolic OH excluding ortho intramolecular Hbond substituents is 1. The Kier molecular flexibility index (Phi) is 3.60. The molecule has 0 radical (unpaired) electrons. The second kappa shape index (κ2) is 5.71. The predicted octanol–water partition coefficient (Wildman–Crippen LogP) is 4.13. The van der Waals surface area contributed by atoms with E-state index in [2.05, 4.69) is 4.98 Å². The van der Waals surface area contributed by atoms with Crippen LogP contribution in [0.5, 0.6) is 23.3 Å². The number of aromatic nitrogens is 1. The van der Waals surface area contributed by atoms with Crippen molar-refractivity contribution in [3.8, 4) is 23.3 Å². The van der Waals surface area contributed by atoms with Crippen molar-refractivity contribution in [2.45, 2.75) is 6.92 Å². The number of hydrogen-bond donors (Lipinski definition) is 1. The summed E-state index contributed by atoms with van der Waals surface area (Å²) in [6.45, 7) is 2.43. The Labute approximate surface area is 122 Å². The van der Waals surface area contributed by atoms with E-state index < -0.39 is 0 Å². The van der Waals surface area contributed by atoms with Crippen molar-refractivity contribution >= 4 is 10.8 Å². The van der Waals surface area contributed by atoms with Gasteiger partial charge in [-0.2, -0.15) is 4.98 Å². The number of phenols is 1. The summed E-state index contributed by atoms with van der Waals surface area (Å²) < 4.78 is 11.0. The fourth-order valence-corrected chi connectivity index (χ4v) is 2.08. The summed E-state index contributed by atoms with van der Waals surface area (Å²) in [4.78, 5) is 4.22. The molecule has 0 saturated heterocycles. The fourth-order valence-electron chi connectivity index (χ4n) is 2.08. The Hall–Kier alpha value is -2.75. The molecule has 0 saturated carbocycles. The second-order valence-corrected chi connectivity index (χ2v) is 4.52.